The first-order chi connectivity index (χ1) is 10.1. The van der Waals surface area contributed by atoms with Gasteiger partial charge in [-0.1, -0.05) is 12.8 Å². The van der Waals surface area contributed by atoms with E-state index in [-0.39, 0.29) is 0 Å². The molecule has 1 aromatic rings. The smallest absolute Gasteiger partial charge is 0.105 e. The van der Waals surface area contributed by atoms with Crippen LogP contribution in [0.5, 0.6) is 0 Å². The number of aryl methyl sites for hydroxylation is 2. The summed E-state index contributed by atoms with van der Waals surface area (Å²) >= 11 is 0. The van der Waals surface area contributed by atoms with Gasteiger partial charge in [0, 0.05) is 23.7 Å². The monoisotopic (exact) mass is 290 g/mol. The van der Waals surface area contributed by atoms with E-state index >= 15 is 0 Å². The predicted molar refractivity (Wildman–Crippen MR) is 86.5 cm³/mol. The number of nitrogens with one attached hydrogen (secondary N) is 2. The molecule has 2 heterocycles. The molecule has 1 aliphatic heterocycles. The highest BCUT2D eigenvalue weighted by Gasteiger charge is 2.34. The van der Waals surface area contributed by atoms with Gasteiger partial charge in [-0.3, -0.25) is 0 Å². The van der Waals surface area contributed by atoms with Crippen LogP contribution in [0.25, 0.3) is 0 Å². The zero-order valence-electron chi connectivity index (χ0n) is 13.7. The van der Waals surface area contributed by atoms with Crippen molar-refractivity contribution in [3.8, 4) is 0 Å². The Morgan fingerprint density at radius 3 is 2.67 bits per heavy atom. The van der Waals surface area contributed by atoms with Gasteiger partial charge in [0.15, 0.2) is 0 Å². The quantitative estimate of drug-likeness (QED) is 0.884. The van der Waals surface area contributed by atoms with Gasteiger partial charge < -0.3 is 15.1 Å². The Morgan fingerprint density at radius 1 is 1.19 bits per heavy atom. The summed E-state index contributed by atoms with van der Waals surface area (Å²) in [5, 5.41) is 7.64. The van der Waals surface area contributed by atoms with Crippen molar-refractivity contribution in [1.29, 1.82) is 0 Å². The Kier molecular flexibility index (Phi) is 4.70. The van der Waals surface area contributed by atoms with Gasteiger partial charge in [0.25, 0.3) is 0 Å². The van der Waals surface area contributed by atoms with Crippen LogP contribution in [0.2, 0.25) is 0 Å². The van der Waals surface area contributed by atoms with Gasteiger partial charge in [0.1, 0.15) is 11.5 Å². The second-order valence-electron chi connectivity index (χ2n) is 7.01. The van der Waals surface area contributed by atoms with E-state index in [0.29, 0.717) is 12.1 Å². The molecule has 1 aromatic heterocycles. The van der Waals surface area contributed by atoms with Crippen molar-refractivity contribution in [3.05, 3.63) is 23.2 Å². The van der Waals surface area contributed by atoms with Crippen molar-refractivity contribution in [3.63, 3.8) is 0 Å². The Morgan fingerprint density at radius 2 is 2.00 bits per heavy atom. The normalized spacial score (nSPS) is 31.5. The van der Waals surface area contributed by atoms with E-state index in [1.807, 2.05) is 6.92 Å². The lowest BCUT2D eigenvalue weighted by Gasteiger charge is -2.38. The summed E-state index contributed by atoms with van der Waals surface area (Å²) in [5.74, 6) is 2.89. The predicted octanol–water partition coefficient (Wildman–Crippen LogP) is 3.86. The molecule has 2 N–H and O–H groups in total. The summed E-state index contributed by atoms with van der Waals surface area (Å²) in [6, 6.07) is 3.97. The van der Waals surface area contributed by atoms with Crippen LogP contribution >= 0.6 is 0 Å². The maximum Gasteiger partial charge on any atom is 0.105 e. The molecule has 0 bridgehead atoms. The standard InChI is InChI=1S/C18H30N2O/c1-12-11-16(14(3)21-12)13(2)20-18-8-5-4-7-15(18)17-9-6-10-19-17/h11,13,15,17-20H,4-10H2,1-3H3. The third-order valence-electron chi connectivity index (χ3n) is 5.44. The van der Waals surface area contributed by atoms with Gasteiger partial charge in [-0.2, -0.15) is 0 Å². The Bertz CT molecular complexity index is 462. The van der Waals surface area contributed by atoms with Crippen LogP contribution in [0.4, 0.5) is 0 Å². The summed E-state index contributed by atoms with van der Waals surface area (Å²) < 4.78 is 5.70. The maximum atomic E-state index is 5.70. The highest BCUT2D eigenvalue weighted by molar-refractivity contribution is 5.23. The molecule has 0 amide bonds. The average molecular weight is 290 g/mol. The van der Waals surface area contributed by atoms with E-state index in [4.69, 9.17) is 4.42 Å². The molecule has 0 aromatic carbocycles. The maximum absolute atomic E-state index is 5.70. The fraction of sp³-hybridized carbons (Fsp3) is 0.778. The number of furan rings is 1. The molecule has 4 unspecified atom stereocenters. The van der Waals surface area contributed by atoms with Gasteiger partial charge in [-0.05, 0) is 65.0 Å². The van der Waals surface area contributed by atoms with E-state index in [2.05, 4.69) is 30.5 Å². The topological polar surface area (TPSA) is 37.2 Å². The van der Waals surface area contributed by atoms with Gasteiger partial charge in [-0.25, -0.2) is 0 Å². The minimum absolute atomic E-state index is 0.384. The number of rotatable bonds is 4. The van der Waals surface area contributed by atoms with Crippen LogP contribution in [0.1, 0.15) is 68.6 Å². The summed E-state index contributed by atoms with van der Waals surface area (Å²) in [6.07, 6.45) is 8.19. The van der Waals surface area contributed by atoms with Gasteiger partial charge in [0.05, 0.1) is 0 Å². The molecule has 1 saturated carbocycles. The fourth-order valence-corrected chi connectivity index (χ4v) is 4.42. The van der Waals surface area contributed by atoms with Crippen molar-refractivity contribution in [2.75, 3.05) is 6.54 Å². The minimum Gasteiger partial charge on any atom is -0.466 e. The third-order valence-corrected chi connectivity index (χ3v) is 5.44. The zero-order chi connectivity index (χ0) is 14.8. The summed E-state index contributed by atoms with van der Waals surface area (Å²) in [5.41, 5.74) is 1.33. The molecule has 1 saturated heterocycles. The first kappa shape index (κ1) is 15.1. The second kappa shape index (κ2) is 6.53. The molecule has 3 nitrogen and oxygen atoms in total. The van der Waals surface area contributed by atoms with Crippen LogP contribution in [-0.2, 0) is 0 Å². The van der Waals surface area contributed by atoms with Crippen molar-refractivity contribution in [2.24, 2.45) is 5.92 Å². The zero-order valence-corrected chi connectivity index (χ0v) is 13.7. The van der Waals surface area contributed by atoms with E-state index in [9.17, 15) is 0 Å². The van der Waals surface area contributed by atoms with E-state index < -0.39 is 0 Å². The average Bonchev–Trinajstić information content (AvgIpc) is 3.09. The summed E-state index contributed by atoms with van der Waals surface area (Å²) in [7, 11) is 0. The number of hydrogen-bond donors (Lipinski definition) is 2. The molecule has 21 heavy (non-hydrogen) atoms. The Balaban J connectivity index is 1.67. The molecule has 118 valence electrons. The van der Waals surface area contributed by atoms with E-state index in [1.54, 1.807) is 0 Å². The van der Waals surface area contributed by atoms with Crippen LogP contribution in [0.3, 0.4) is 0 Å². The van der Waals surface area contributed by atoms with Crippen molar-refractivity contribution in [2.45, 2.75) is 77.4 Å². The highest BCUT2D eigenvalue weighted by atomic mass is 16.3. The third kappa shape index (κ3) is 3.35. The lowest BCUT2D eigenvalue weighted by Crippen LogP contribution is -2.47. The molecule has 0 radical (unpaired) electrons. The van der Waals surface area contributed by atoms with Crippen LogP contribution in [-0.4, -0.2) is 18.6 Å². The van der Waals surface area contributed by atoms with Gasteiger partial charge in [-0.15, -0.1) is 0 Å². The lowest BCUT2D eigenvalue weighted by atomic mass is 9.79. The Hall–Kier alpha value is -0.800. The first-order valence-corrected chi connectivity index (χ1v) is 8.71. The first-order valence-electron chi connectivity index (χ1n) is 8.71. The second-order valence-corrected chi connectivity index (χ2v) is 7.01. The Labute approximate surface area is 128 Å². The molecular weight excluding hydrogens is 260 g/mol. The summed E-state index contributed by atoms with van der Waals surface area (Å²) in [6.45, 7) is 7.61. The van der Waals surface area contributed by atoms with E-state index in [1.165, 1.54) is 50.6 Å². The molecule has 4 atom stereocenters. The van der Waals surface area contributed by atoms with E-state index in [0.717, 1.165) is 23.5 Å². The molecular formula is C18H30N2O. The molecule has 1 aliphatic carbocycles. The number of hydrogen-bond acceptors (Lipinski definition) is 3. The highest BCUT2D eigenvalue weighted by Crippen LogP contribution is 2.32. The molecule has 2 aliphatic rings. The molecule has 2 fully saturated rings. The lowest BCUT2D eigenvalue weighted by molar-refractivity contribution is 0.203. The van der Waals surface area contributed by atoms with Gasteiger partial charge >= 0.3 is 0 Å². The minimum atomic E-state index is 0.384. The van der Waals surface area contributed by atoms with Crippen LogP contribution in [0, 0.1) is 19.8 Å². The molecule has 3 heteroatoms. The largest absolute Gasteiger partial charge is 0.466 e. The van der Waals surface area contributed by atoms with Crippen molar-refractivity contribution < 1.29 is 4.42 Å². The van der Waals surface area contributed by atoms with Crippen molar-refractivity contribution >= 4 is 0 Å². The van der Waals surface area contributed by atoms with Crippen molar-refractivity contribution in [1.82, 2.24) is 10.6 Å². The fourth-order valence-electron chi connectivity index (χ4n) is 4.42. The summed E-state index contributed by atoms with van der Waals surface area (Å²) in [4.78, 5) is 0. The van der Waals surface area contributed by atoms with Crippen LogP contribution in [0.15, 0.2) is 10.5 Å². The van der Waals surface area contributed by atoms with Crippen LogP contribution < -0.4 is 10.6 Å². The molecule has 0 spiro atoms. The van der Waals surface area contributed by atoms with Gasteiger partial charge in [0.2, 0.25) is 0 Å². The molecule has 3 rings (SSSR count). The SMILES string of the molecule is Cc1cc(C(C)NC2CCCCC2C2CCCN2)c(C)o1.